The Morgan fingerprint density at radius 3 is 1.94 bits per heavy atom. The maximum absolute atomic E-state index is 5.35. The topological polar surface area (TPSA) is 51.8 Å². The third-order valence-electron chi connectivity index (χ3n) is 9.89. The Hall–Kier alpha value is -6.79. The van der Waals surface area contributed by atoms with Crippen molar-refractivity contribution in [2.75, 3.05) is 4.90 Å². The second-order valence-electron chi connectivity index (χ2n) is 12.5. The minimum atomic E-state index is 0.638. The van der Waals surface area contributed by atoms with E-state index in [4.69, 9.17) is 15.0 Å². The quantitative estimate of drug-likeness (QED) is 0.196. The Morgan fingerprint density at radius 1 is 0.429 bits per heavy atom. The van der Waals surface area contributed by atoms with Gasteiger partial charge in [-0.1, -0.05) is 97.1 Å². The zero-order valence-corrected chi connectivity index (χ0v) is 26.2. The molecule has 11 rings (SSSR count). The molecule has 6 aromatic carbocycles. The summed E-state index contributed by atoms with van der Waals surface area (Å²) in [6, 6.07) is 53.3. The van der Waals surface area contributed by atoms with E-state index in [1.165, 1.54) is 16.2 Å². The summed E-state index contributed by atoms with van der Waals surface area (Å²) in [5.74, 6) is 1.54. The average molecular weight is 627 g/mol. The number of hydrogen-bond acceptors (Lipinski definition) is 4. The van der Waals surface area contributed by atoms with Gasteiger partial charge in [0.2, 0.25) is 5.95 Å². The highest BCUT2D eigenvalue weighted by Crippen LogP contribution is 2.50. The van der Waals surface area contributed by atoms with Gasteiger partial charge in [0.05, 0.1) is 50.3 Å². The molecule has 0 N–H and O–H groups in total. The van der Waals surface area contributed by atoms with Crippen molar-refractivity contribution in [1.29, 1.82) is 0 Å². The standard InChI is InChI=1S/C43H26N6/c1-2-13-27(14-3-1)41-30-15-4-5-18-31(30)45-43(46-41)49-33-20-7-6-19-32(33)48-36-23-12-22-35-40(36)39-28(29-17-11-24-37(49)42(29)48)16-10-21-34(39)47(35)38-25-8-9-26-44-38/h1-26H. The predicted molar refractivity (Wildman–Crippen MR) is 200 cm³/mol. The lowest BCUT2D eigenvalue weighted by Crippen LogP contribution is -2.21. The summed E-state index contributed by atoms with van der Waals surface area (Å²) >= 11 is 0. The monoisotopic (exact) mass is 626 g/mol. The lowest BCUT2D eigenvalue weighted by atomic mass is 10.0. The van der Waals surface area contributed by atoms with Crippen molar-refractivity contribution in [1.82, 2.24) is 24.1 Å². The first kappa shape index (κ1) is 26.3. The molecule has 6 heteroatoms. The fourth-order valence-electron chi connectivity index (χ4n) is 7.94. The molecule has 1 aliphatic heterocycles. The maximum Gasteiger partial charge on any atom is 0.235 e. The van der Waals surface area contributed by atoms with Gasteiger partial charge in [-0.2, -0.15) is 0 Å². The molecule has 0 saturated carbocycles. The van der Waals surface area contributed by atoms with Crippen LogP contribution in [0.4, 0.5) is 17.3 Å². The first-order valence-electron chi connectivity index (χ1n) is 16.5. The Labute approximate surface area is 280 Å². The molecular weight excluding hydrogens is 601 g/mol. The van der Waals surface area contributed by atoms with Crippen LogP contribution < -0.4 is 4.90 Å². The summed E-state index contributed by atoms with van der Waals surface area (Å²) in [4.78, 5) is 17.6. The average Bonchev–Trinajstić information content (AvgIpc) is 3.45. The number of hydrogen-bond donors (Lipinski definition) is 0. The zero-order chi connectivity index (χ0) is 32.1. The van der Waals surface area contributed by atoms with Crippen LogP contribution in [0.25, 0.3) is 77.3 Å². The third-order valence-corrected chi connectivity index (χ3v) is 9.89. The summed E-state index contributed by atoms with van der Waals surface area (Å²) < 4.78 is 4.74. The third kappa shape index (κ3) is 3.57. The first-order valence-corrected chi connectivity index (χ1v) is 16.5. The van der Waals surface area contributed by atoms with Crippen molar-refractivity contribution < 1.29 is 0 Å². The van der Waals surface area contributed by atoms with Crippen LogP contribution >= 0.6 is 0 Å². The van der Waals surface area contributed by atoms with Gasteiger partial charge < -0.3 is 4.57 Å². The highest BCUT2D eigenvalue weighted by atomic mass is 15.3. The molecule has 1 aliphatic rings. The molecule has 228 valence electrons. The van der Waals surface area contributed by atoms with E-state index in [-0.39, 0.29) is 0 Å². The molecule has 4 aromatic heterocycles. The maximum atomic E-state index is 5.35. The normalized spacial score (nSPS) is 12.4. The smallest absolute Gasteiger partial charge is 0.235 e. The van der Waals surface area contributed by atoms with Gasteiger partial charge in [-0.05, 0) is 60.0 Å². The first-order chi connectivity index (χ1) is 24.3. The fraction of sp³-hybridized carbons (Fsp3) is 0. The molecule has 0 amide bonds. The van der Waals surface area contributed by atoms with Crippen molar-refractivity contribution in [2.45, 2.75) is 0 Å². The second kappa shape index (κ2) is 9.86. The van der Waals surface area contributed by atoms with E-state index >= 15 is 0 Å². The van der Waals surface area contributed by atoms with Crippen LogP contribution in [-0.4, -0.2) is 24.1 Å². The summed E-state index contributed by atoms with van der Waals surface area (Å²) in [6.07, 6.45) is 1.86. The number of rotatable bonds is 3. The Balaban J connectivity index is 1.31. The number of benzene rings is 6. The van der Waals surface area contributed by atoms with Crippen LogP contribution in [-0.2, 0) is 0 Å². The summed E-state index contributed by atoms with van der Waals surface area (Å²) in [5.41, 5.74) is 10.5. The largest absolute Gasteiger partial charge is 0.305 e. The Bertz CT molecular complexity index is 2940. The number of pyridine rings is 1. The Kier molecular flexibility index (Phi) is 5.29. The van der Waals surface area contributed by atoms with Crippen molar-refractivity contribution in [3.05, 3.63) is 158 Å². The van der Waals surface area contributed by atoms with Crippen molar-refractivity contribution in [3.63, 3.8) is 0 Å². The highest BCUT2D eigenvalue weighted by Gasteiger charge is 2.30. The SMILES string of the molecule is c1ccc(-c2nc(N3c4ccccc4-n4c5cccc6c5c5c(cccc5n6-c5ccccn5)c5cccc3c54)nc3ccccc23)cc1. The molecule has 0 atom stereocenters. The minimum absolute atomic E-state index is 0.638. The van der Waals surface area contributed by atoms with Crippen molar-refractivity contribution in [2.24, 2.45) is 0 Å². The number of para-hydroxylation sites is 4. The molecule has 10 aromatic rings. The number of aromatic nitrogens is 5. The fourth-order valence-corrected chi connectivity index (χ4v) is 7.94. The molecule has 0 saturated heterocycles. The second-order valence-corrected chi connectivity index (χ2v) is 12.5. The summed E-state index contributed by atoms with van der Waals surface area (Å²) in [7, 11) is 0. The number of nitrogens with zero attached hydrogens (tertiary/aromatic N) is 6. The van der Waals surface area contributed by atoms with Gasteiger partial charge in [0.25, 0.3) is 0 Å². The van der Waals surface area contributed by atoms with Gasteiger partial charge in [-0.3, -0.25) is 9.47 Å². The molecule has 6 nitrogen and oxygen atoms in total. The van der Waals surface area contributed by atoms with Gasteiger partial charge in [0.15, 0.2) is 0 Å². The van der Waals surface area contributed by atoms with Crippen LogP contribution in [0.5, 0.6) is 0 Å². The van der Waals surface area contributed by atoms with Crippen LogP contribution in [0.1, 0.15) is 0 Å². The minimum Gasteiger partial charge on any atom is -0.305 e. The highest BCUT2D eigenvalue weighted by molar-refractivity contribution is 6.29. The van der Waals surface area contributed by atoms with E-state index in [1.54, 1.807) is 0 Å². The van der Waals surface area contributed by atoms with Crippen LogP contribution in [0.2, 0.25) is 0 Å². The Morgan fingerprint density at radius 2 is 1.08 bits per heavy atom. The summed E-state index contributed by atoms with van der Waals surface area (Å²) in [6.45, 7) is 0. The van der Waals surface area contributed by atoms with E-state index < -0.39 is 0 Å². The van der Waals surface area contributed by atoms with Crippen LogP contribution in [0, 0.1) is 0 Å². The lowest BCUT2D eigenvalue weighted by Gasteiger charge is -2.33. The van der Waals surface area contributed by atoms with Crippen molar-refractivity contribution >= 4 is 71.8 Å². The molecule has 5 heterocycles. The molecule has 0 bridgehead atoms. The molecule has 0 radical (unpaired) electrons. The molecule has 49 heavy (non-hydrogen) atoms. The number of anilines is 3. The molecule has 0 fully saturated rings. The molecular formula is C43H26N6. The van der Waals surface area contributed by atoms with Gasteiger partial charge >= 0.3 is 0 Å². The molecule has 0 unspecified atom stereocenters. The molecule has 0 spiro atoms. The van der Waals surface area contributed by atoms with Gasteiger partial charge in [-0.15, -0.1) is 0 Å². The van der Waals surface area contributed by atoms with Gasteiger partial charge in [0.1, 0.15) is 5.82 Å². The number of fused-ring (bicyclic) bond motifs is 5. The van der Waals surface area contributed by atoms with Crippen LogP contribution in [0.3, 0.4) is 0 Å². The van der Waals surface area contributed by atoms with Crippen LogP contribution in [0.15, 0.2) is 158 Å². The van der Waals surface area contributed by atoms with E-state index in [0.717, 1.165) is 72.5 Å². The van der Waals surface area contributed by atoms with Gasteiger partial charge in [0, 0.05) is 33.3 Å². The van der Waals surface area contributed by atoms with Crippen molar-refractivity contribution in [3.8, 4) is 22.8 Å². The van der Waals surface area contributed by atoms with E-state index in [2.05, 4.69) is 147 Å². The van der Waals surface area contributed by atoms with E-state index in [9.17, 15) is 0 Å². The van der Waals surface area contributed by atoms with Gasteiger partial charge in [-0.25, -0.2) is 15.0 Å². The summed E-state index contributed by atoms with van der Waals surface area (Å²) in [5, 5.41) is 5.80. The molecule has 0 aliphatic carbocycles. The lowest BCUT2D eigenvalue weighted by molar-refractivity contribution is 1.05. The van der Waals surface area contributed by atoms with E-state index in [1.807, 2.05) is 24.4 Å². The zero-order valence-electron chi connectivity index (χ0n) is 26.2. The van der Waals surface area contributed by atoms with E-state index in [0.29, 0.717) is 5.95 Å². The predicted octanol–water partition coefficient (Wildman–Crippen LogP) is 10.7.